The summed E-state index contributed by atoms with van der Waals surface area (Å²) in [6.07, 6.45) is 2.05. The molecule has 3 N–H and O–H groups in total. The van der Waals surface area contributed by atoms with Gasteiger partial charge in [-0.1, -0.05) is 24.1 Å². The lowest BCUT2D eigenvalue weighted by molar-refractivity contribution is -0.116. The fourth-order valence-electron chi connectivity index (χ4n) is 3.80. The zero-order chi connectivity index (χ0) is 18.9. The highest BCUT2D eigenvalue weighted by atomic mass is 32.2. The lowest BCUT2D eigenvalue weighted by Gasteiger charge is -2.16. The largest absolute Gasteiger partial charge is 0.332 e. The molecule has 3 atom stereocenters. The van der Waals surface area contributed by atoms with Gasteiger partial charge in [-0.05, 0) is 38.3 Å². The summed E-state index contributed by atoms with van der Waals surface area (Å²) < 4.78 is 24.5. The first-order chi connectivity index (χ1) is 12.3. The summed E-state index contributed by atoms with van der Waals surface area (Å²) in [4.78, 5) is 23.5. The quantitative estimate of drug-likeness (QED) is 0.516. The van der Waals surface area contributed by atoms with Crippen LogP contribution in [0.25, 0.3) is 0 Å². The molecule has 1 aromatic carbocycles. The van der Waals surface area contributed by atoms with Crippen LogP contribution in [0.2, 0.25) is 0 Å². The molecule has 0 aromatic heterocycles. The van der Waals surface area contributed by atoms with Crippen LogP contribution in [0.3, 0.4) is 0 Å². The van der Waals surface area contributed by atoms with Crippen LogP contribution in [0.4, 0.5) is 10.5 Å². The molecule has 26 heavy (non-hydrogen) atoms. The molecule has 0 bridgehead atoms. The van der Waals surface area contributed by atoms with Crippen molar-refractivity contribution in [2.24, 2.45) is 0 Å². The molecular weight excluding hydrogens is 354 g/mol. The van der Waals surface area contributed by atoms with E-state index < -0.39 is 15.1 Å². The van der Waals surface area contributed by atoms with Gasteiger partial charge in [0, 0.05) is 12.1 Å². The van der Waals surface area contributed by atoms with Gasteiger partial charge in [0.2, 0.25) is 5.91 Å². The molecule has 2 saturated heterocycles. The molecule has 0 unspecified atom stereocenters. The summed E-state index contributed by atoms with van der Waals surface area (Å²) in [6, 6.07) is 4.88. The highest BCUT2D eigenvalue weighted by molar-refractivity contribution is 7.92. The Morgan fingerprint density at radius 2 is 2.00 bits per heavy atom. The molecule has 2 aliphatic rings. The number of anilines is 1. The van der Waals surface area contributed by atoms with Gasteiger partial charge in [-0.15, -0.1) is 0 Å². The monoisotopic (exact) mass is 379 g/mol. The SMILES string of the molecule is Cc1ccc(NC(=O)CCCC[C@@H]2[C@@H]3NC(=O)N[C@@H]3CS2(=O)=O)c(C)c1. The molecule has 3 amide bonds. The van der Waals surface area contributed by atoms with E-state index in [0.29, 0.717) is 25.7 Å². The predicted molar refractivity (Wildman–Crippen MR) is 99.8 cm³/mol. The maximum Gasteiger partial charge on any atom is 0.315 e. The number of hydrogen-bond donors (Lipinski definition) is 3. The zero-order valence-corrected chi connectivity index (χ0v) is 15.9. The van der Waals surface area contributed by atoms with Gasteiger partial charge < -0.3 is 16.0 Å². The van der Waals surface area contributed by atoms with Gasteiger partial charge >= 0.3 is 6.03 Å². The van der Waals surface area contributed by atoms with Crippen LogP contribution in [-0.4, -0.2) is 43.4 Å². The number of unbranched alkanes of at least 4 members (excludes halogenated alkanes) is 1. The molecule has 0 saturated carbocycles. The minimum atomic E-state index is -3.21. The molecule has 3 rings (SSSR count). The summed E-state index contributed by atoms with van der Waals surface area (Å²) in [6.45, 7) is 3.95. The van der Waals surface area contributed by atoms with Crippen LogP contribution in [0.5, 0.6) is 0 Å². The molecule has 1 aromatic rings. The number of carbonyl (C=O) groups excluding carboxylic acids is 2. The van der Waals surface area contributed by atoms with Gasteiger partial charge in [0.05, 0.1) is 23.1 Å². The molecule has 8 heteroatoms. The van der Waals surface area contributed by atoms with Crippen LogP contribution < -0.4 is 16.0 Å². The van der Waals surface area contributed by atoms with Gasteiger partial charge in [-0.2, -0.15) is 0 Å². The smallest absolute Gasteiger partial charge is 0.315 e. The molecule has 2 fully saturated rings. The van der Waals surface area contributed by atoms with E-state index in [2.05, 4.69) is 16.0 Å². The Morgan fingerprint density at radius 1 is 1.23 bits per heavy atom. The highest BCUT2D eigenvalue weighted by Gasteiger charge is 2.51. The van der Waals surface area contributed by atoms with Gasteiger partial charge in [0.1, 0.15) is 0 Å². The van der Waals surface area contributed by atoms with Crippen LogP contribution in [0.15, 0.2) is 18.2 Å². The Balaban J connectivity index is 1.46. The first-order valence-electron chi connectivity index (χ1n) is 8.92. The average Bonchev–Trinajstić information content (AvgIpc) is 2.99. The third-order valence-corrected chi connectivity index (χ3v) is 7.40. The minimum Gasteiger partial charge on any atom is -0.332 e. The van der Waals surface area contributed by atoms with Crippen molar-refractivity contribution in [1.82, 2.24) is 10.6 Å². The van der Waals surface area contributed by atoms with E-state index in [1.807, 2.05) is 32.0 Å². The fraction of sp³-hybridized carbons (Fsp3) is 0.556. The topological polar surface area (TPSA) is 104 Å². The van der Waals surface area contributed by atoms with Gasteiger partial charge in [0.25, 0.3) is 0 Å². The number of nitrogens with one attached hydrogen (secondary N) is 3. The van der Waals surface area contributed by atoms with Gasteiger partial charge in [-0.3, -0.25) is 4.79 Å². The Bertz CT molecular complexity index is 822. The van der Waals surface area contributed by atoms with E-state index in [1.165, 1.54) is 0 Å². The van der Waals surface area contributed by atoms with E-state index in [1.54, 1.807) is 0 Å². The number of fused-ring (bicyclic) bond motifs is 1. The lowest BCUT2D eigenvalue weighted by atomic mass is 10.0. The Morgan fingerprint density at radius 3 is 2.73 bits per heavy atom. The van der Waals surface area contributed by atoms with Gasteiger partial charge in [-0.25, -0.2) is 13.2 Å². The number of hydrogen-bond acceptors (Lipinski definition) is 4. The second kappa shape index (κ2) is 7.26. The normalized spacial score (nSPS) is 26.1. The first kappa shape index (κ1) is 18.7. The molecule has 2 aliphatic heterocycles. The molecule has 7 nitrogen and oxygen atoms in total. The van der Waals surface area contributed by atoms with E-state index >= 15 is 0 Å². The number of carbonyl (C=O) groups is 2. The summed E-state index contributed by atoms with van der Waals surface area (Å²) in [5.41, 5.74) is 2.97. The van der Waals surface area contributed by atoms with Crippen LogP contribution in [-0.2, 0) is 14.6 Å². The predicted octanol–water partition coefficient (Wildman–Crippen LogP) is 1.65. The molecule has 2 heterocycles. The van der Waals surface area contributed by atoms with Crippen molar-refractivity contribution in [3.05, 3.63) is 29.3 Å². The minimum absolute atomic E-state index is 0.00569. The van der Waals surface area contributed by atoms with E-state index in [9.17, 15) is 18.0 Å². The van der Waals surface area contributed by atoms with Crippen molar-refractivity contribution in [2.75, 3.05) is 11.1 Å². The number of sulfone groups is 1. The van der Waals surface area contributed by atoms with Crippen molar-refractivity contribution in [3.8, 4) is 0 Å². The second-order valence-corrected chi connectivity index (χ2v) is 9.49. The average molecular weight is 379 g/mol. The summed E-state index contributed by atoms with van der Waals surface area (Å²) in [7, 11) is -3.21. The van der Waals surface area contributed by atoms with Gasteiger partial charge in [0.15, 0.2) is 9.84 Å². The number of rotatable bonds is 6. The van der Waals surface area contributed by atoms with Crippen LogP contribution in [0.1, 0.15) is 36.8 Å². The maximum absolute atomic E-state index is 12.2. The van der Waals surface area contributed by atoms with Crippen LogP contribution >= 0.6 is 0 Å². The fourth-order valence-corrected chi connectivity index (χ4v) is 6.07. The first-order valence-corrected chi connectivity index (χ1v) is 10.6. The summed E-state index contributed by atoms with van der Waals surface area (Å²) in [5, 5.41) is 7.70. The van der Waals surface area contributed by atoms with Crippen molar-refractivity contribution >= 4 is 27.5 Å². The standard InChI is InChI=1S/C18H25N3O4S/c1-11-7-8-13(12(2)9-11)19-16(22)6-4-3-5-15-17-14(10-26(15,24)25)20-18(23)21-17/h7-9,14-15,17H,3-6,10H2,1-2H3,(H,19,22)(H2,20,21,23)/t14-,15-,17-/m1/s1. The van der Waals surface area contributed by atoms with Crippen molar-refractivity contribution in [2.45, 2.75) is 56.9 Å². The number of benzene rings is 1. The summed E-state index contributed by atoms with van der Waals surface area (Å²) >= 11 is 0. The third-order valence-electron chi connectivity index (χ3n) is 5.12. The van der Waals surface area contributed by atoms with E-state index in [4.69, 9.17) is 0 Å². The zero-order valence-electron chi connectivity index (χ0n) is 15.0. The number of amides is 3. The summed E-state index contributed by atoms with van der Waals surface area (Å²) in [5.74, 6) is -0.0752. The van der Waals surface area contributed by atoms with Crippen LogP contribution in [0, 0.1) is 13.8 Å². The van der Waals surface area contributed by atoms with Crippen molar-refractivity contribution < 1.29 is 18.0 Å². The molecule has 142 valence electrons. The van der Waals surface area contributed by atoms with Crippen molar-refractivity contribution in [1.29, 1.82) is 0 Å². The Kier molecular flexibility index (Phi) is 5.22. The lowest BCUT2D eigenvalue weighted by Crippen LogP contribution is -2.39. The second-order valence-electron chi connectivity index (χ2n) is 7.23. The molecule has 0 aliphatic carbocycles. The third kappa shape index (κ3) is 4.00. The highest BCUT2D eigenvalue weighted by Crippen LogP contribution is 2.28. The van der Waals surface area contributed by atoms with E-state index in [-0.39, 0.29) is 29.8 Å². The Labute approximate surface area is 153 Å². The van der Waals surface area contributed by atoms with Crippen molar-refractivity contribution in [3.63, 3.8) is 0 Å². The Hall–Kier alpha value is -2.09. The maximum atomic E-state index is 12.2. The van der Waals surface area contributed by atoms with E-state index in [0.717, 1.165) is 16.8 Å². The number of urea groups is 1. The molecule has 0 spiro atoms. The molecular formula is C18H25N3O4S. The molecule has 0 radical (unpaired) electrons. The number of aryl methyl sites for hydroxylation is 2.